The van der Waals surface area contributed by atoms with E-state index >= 15 is 0 Å². The third kappa shape index (κ3) is 8.37. The first-order chi connectivity index (χ1) is 12.0. The van der Waals surface area contributed by atoms with Crippen molar-refractivity contribution in [2.24, 2.45) is 4.99 Å². The maximum Gasteiger partial charge on any atom is 0.422 e. The molecular formula is C17H20F3IN4O. The number of hydrogen-bond acceptors (Lipinski definition) is 3. The molecule has 0 atom stereocenters. The number of hydrogen-bond donors (Lipinski definition) is 2. The van der Waals surface area contributed by atoms with E-state index in [1.807, 2.05) is 18.2 Å². The second-order valence-corrected chi connectivity index (χ2v) is 5.15. The molecule has 0 saturated heterocycles. The molecule has 2 aromatic rings. The van der Waals surface area contributed by atoms with Crippen LogP contribution in [0.1, 0.15) is 11.3 Å². The zero-order valence-electron chi connectivity index (χ0n) is 14.1. The summed E-state index contributed by atoms with van der Waals surface area (Å²) in [4.78, 5) is 8.32. The lowest BCUT2D eigenvalue weighted by Gasteiger charge is -2.12. The molecule has 1 heterocycles. The minimum absolute atomic E-state index is 0. The van der Waals surface area contributed by atoms with Gasteiger partial charge in [-0.15, -0.1) is 24.0 Å². The van der Waals surface area contributed by atoms with Gasteiger partial charge in [0.05, 0.1) is 12.2 Å². The molecule has 2 rings (SSSR count). The summed E-state index contributed by atoms with van der Waals surface area (Å²) in [6, 6.07) is 12.1. The van der Waals surface area contributed by atoms with Crippen LogP contribution in [0.4, 0.5) is 13.2 Å². The molecule has 142 valence electrons. The molecule has 1 aromatic carbocycles. The number of nitrogens with one attached hydrogen (secondary N) is 2. The van der Waals surface area contributed by atoms with Gasteiger partial charge in [0, 0.05) is 19.8 Å². The van der Waals surface area contributed by atoms with Crippen LogP contribution in [0.5, 0.6) is 5.75 Å². The van der Waals surface area contributed by atoms with Crippen molar-refractivity contribution < 1.29 is 17.9 Å². The van der Waals surface area contributed by atoms with Crippen LogP contribution in [-0.2, 0) is 13.1 Å². The molecule has 0 bridgehead atoms. The largest absolute Gasteiger partial charge is 0.484 e. The van der Waals surface area contributed by atoms with Gasteiger partial charge in [-0.3, -0.25) is 9.98 Å². The van der Waals surface area contributed by atoms with Crippen LogP contribution in [-0.4, -0.2) is 30.8 Å². The Hall–Kier alpha value is -2.04. The summed E-state index contributed by atoms with van der Waals surface area (Å²) in [5.74, 6) is 0.779. The molecule has 1 aromatic heterocycles. The van der Waals surface area contributed by atoms with Gasteiger partial charge in [0.25, 0.3) is 0 Å². The monoisotopic (exact) mass is 480 g/mol. The number of nitrogens with zero attached hydrogens (tertiary/aromatic N) is 2. The summed E-state index contributed by atoms with van der Waals surface area (Å²) in [6.45, 7) is -0.291. The fraction of sp³-hybridized carbons (Fsp3) is 0.294. The molecule has 0 aliphatic rings. The zero-order chi connectivity index (χ0) is 18.1. The van der Waals surface area contributed by atoms with E-state index in [0.29, 0.717) is 19.0 Å². The van der Waals surface area contributed by atoms with Gasteiger partial charge in [-0.1, -0.05) is 18.2 Å². The summed E-state index contributed by atoms with van der Waals surface area (Å²) >= 11 is 0. The second kappa shape index (κ2) is 10.8. The Balaban J connectivity index is 0.00000338. The Bertz CT molecular complexity index is 679. The first-order valence-corrected chi connectivity index (χ1v) is 7.59. The molecule has 0 radical (unpaired) electrons. The number of rotatable bonds is 6. The highest BCUT2D eigenvalue weighted by Crippen LogP contribution is 2.18. The van der Waals surface area contributed by atoms with Crippen LogP contribution in [0.25, 0.3) is 0 Å². The number of ether oxygens (including phenoxy) is 1. The predicted molar refractivity (Wildman–Crippen MR) is 105 cm³/mol. The molecule has 0 unspecified atom stereocenters. The Kier molecular flexibility index (Phi) is 9.17. The molecule has 0 aliphatic heterocycles. The predicted octanol–water partition coefficient (Wildman–Crippen LogP) is 3.51. The highest BCUT2D eigenvalue weighted by atomic mass is 127. The van der Waals surface area contributed by atoms with E-state index in [2.05, 4.69) is 25.3 Å². The van der Waals surface area contributed by atoms with Crippen LogP contribution in [0.2, 0.25) is 0 Å². The smallest absolute Gasteiger partial charge is 0.422 e. The highest BCUT2D eigenvalue weighted by Gasteiger charge is 2.28. The molecule has 5 nitrogen and oxygen atoms in total. The molecule has 0 fully saturated rings. The van der Waals surface area contributed by atoms with Crippen LogP contribution in [0.3, 0.4) is 0 Å². The lowest BCUT2D eigenvalue weighted by Crippen LogP contribution is -2.36. The number of alkyl halides is 3. The minimum atomic E-state index is -4.34. The van der Waals surface area contributed by atoms with Gasteiger partial charge in [0.15, 0.2) is 12.6 Å². The number of pyridine rings is 1. The summed E-state index contributed by atoms with van der Waals surface area (Å²) in [6.07, 6.45) is -2.62. The average molecular weight is 480 g/mol. The molecule has 0 spiro atoms. The van der Waals surface area contributed by atoms with E-state index in [1.165, 1.54) is 12.1 Å². The van der Waals surface area contributed by atoms with Crippen molar-refractivity contribution in [1.29, 1.82) is 0 Å². The third-order valence-electron chi connectivity index (χ3n) is 3.17. The van der Waals surface area contributed by atoms with E-state index in [-0.39, 0.29) is 29.7 Å². The number of aliphatic imine (C=N–C) groups is 1. The van der Waals surface area contributed by atoms with Crippen molar-refractivity contribution in [3.63, 3.8) is 0 Å². The Morgan fingerprint density at radius 2 is 1.77 bits per heavy atom. The molecule has 26 heavy (non-hydrogen) atoms. The minimum Gasteiger partial charge on any atom is -0.484 e. The van der Waals surface area contributed by atoms with Gasteiger partial charge in [0.2, 0.25) is 0 Å². The van der Waals surface area contributed by atoms with Crippen molar-refractivity contribution in [1.82, 2.24) is 15.6 Å². The highest BCUT2D eigenvalue weighted by molar-refractivity contribution is 14.0. The molecular weight excluding hydrogens is 460 g/mol. The van der Waals surface area contributed by atoms with Crippen LogP contribution >= 0.6 is 24.0 Å². The second-order valence-electron chi connectivity index (χ2n) is 5.15. The van der Waals surface area contributed by atoms with Gasteiger partial charge in [-0.25, -0.2) is 0 Å². The Morgan fingerprint density at radius 1 is 1.08 bits per heavy atom. The van der Waals surface area contributed by atoms with Crippen LogP contribution in [0, 0.1) is 0 Å². The molecule has 0 amide bonds. The SMILES string of the molecule is CN=C(NCc1ccc(OCC(F)(F)F)cc1)NCc1ccccn1.I. The Morgan fingerprint density at radius 3 is 2.35 bits per heavy atom. The molecule has 0 aliphatic carbocycles. The van der Waals surface area contributed by atoms with Gasteiger partial charge >= 0.3 is 6.18 Å². The number of benzene rings is 1. The van der Waals surface area contributed by atoms with E-state index in [0.717, 1.165) is 11.3 Å². The summed E-state index contributed by atoms with van der Waals surface area (Å²) in [5, 5.41) is 6.25. The van der Waals surface area contributed by atoms with Crippen molar-refractivity contribution in [2.75, 3.05) is 13.7 Å². The summed E-state index contributed by atoms with van der Waals surface area (Å²) in [5.41, 5.74) is 1.77. The van der Waals surface area contributed by atoms with E-state index in [4.69, 9.17) is 0 Å². The maximum atomic E-state index is 12.1. The lowest BCUT2D eigenvalue weighted by atomic mass is 10.2. The lowest BCUT2D eigenvalue weighted by molar-refractivity contribution is -0.153. The van der Waals surface area contributed by atoms with E-state index in [9.17, 15) is 13.2 Å². The first kappa shape index (κ1) is 22.0. The van der Waals surface area contributed by atoms with Gasteiger partial charge in [-0.05, 0) is 29.8 Å². The molecule has 0 saturated carbocycles. The standard InChI is InChI=1S/C17H19F3N4O.HI/c1-21-16(24-11-14-4-2-3-9-22-14)23-10-13-5-7-15(8-6-13)25-12-17(18,19)20;/h2-9H,10-12H2,1H3,(H2,21,23,24);1H. The van der Waals surface area contributed by atoms with Gasteiger partial charge < -0.3 is 15.4 Å². The third-order valence-corrected chi connectivity index (χ3v) is 3.17. The summed E-state index contributed by atoms with van der Waals surface area (Å²) in [7, 11) is 1.65. The zero-order valence-corrected chi connectivity index (χ0v) is 16.4. The number of aromatic nitrogens is 1. The number of guanidine groups is 1. The van der Waals surface area contributed by atoms with Gasteiger partial charge in [0.1, 0.15) is 5.75 Å². The normalized spacial score (nSPS) is 11.5. The Labute approximate surface area is 167 Å². The molecule has 9 heteroatoms. The van der Waals surface area contributed by atoms with Gasteiger partial charge in [-0.2, -0.15) is 13.2 Å². The quantitative estimate of drug-likeness (QED) is 0.378. The van der Waals surface area contributed by atoms with Crippen molar-refractivity contribution in [3.8, 4) is 5.75 Å². The van der Waals surface area contributed by atoms with Crippen molar-refractivity contribution >= 4 is 29.9 Å². The topological polar surface area (TPSA) is 58.5 Å². The number of halogens is 4. The van der Waals surface area contributed by atoms with Crippen LogP contribution < -0.4 is 15.4 Å². The summed E-state index contributed by atoms with van der Waals surface area (Å²) < 4.78 is 41.0. The van der Waals surface area contributed by atoms with Crippen molar-refractivity contribution in [2.45, 2.75) is 19.3 Å². The molecule has 2 N–H and O–H groups in total. The van der Waals surface area contributed by atoms with Crippen molar-refractivity contribution in [3.05, 3.63) is 59.9 Å². The van der Waals surface area contributed by atoms with E-state index in [1.54, 1.807) is 25.4 Å². The first-order valence-electron chi connectivity index (χ1n) is 7.59. The fourth-order valence-electron chi connectivity index (χ4n) is 1.95. The fourth-order valence-corrected chi connectivity index (χ4v) is 1.95. The maximum absolute atomic E-state index is 12.1. The average Bonchev–Trinajstić information content (AvgIpc) is 2.61. The van der Waals surface area contributed by atoms with E-state index < -0.39 is 12.8 Å². The van der Waals surface area contributed by atoms with Crippen LogP contribution in [0.15, 0.2) is 53.7 Å².